The van der Waals surface area contributed by atoms with Gasteiger partial charge in [0, 0.05) is 50.3 Å². The van der Waals surface area contributed by atoms with Crippen LogP contribution in [0.15, 0.2) is 18.2 Å². The van der Waals surface area contributed by atoms with Gasteiger partial charge >= 0.3 is 0 Å². The first kappa shape index (κ1) is 17.1. The Morgan fingerprint density at radius 1 is 1.55 bits per heavy atom. The molecule has 0 unspecified atom stereocenters. The van der Waals surface area contributed by atoms with Crippen molar-refractivity contribution in [1.82, 2.24) is 5.32 Å². The molecular formula is C15H19ClFNO4. The number of rotatable bonds is 5. The summed E-state index contributed by atoms with van der Waals surface area (Å²) >= 11 is 5.65. The predicted molar refractivity (Wildman–Crippen MR) is 79.2 cm³/mol. The zero-order valence-electron chi connectivity index (χ0n) is 12.3. The van der Waals surface area contributed by atoms with E-state index >= 15 is 0 Å². The van der Waals surface area contributed by atoms with Crippen molar-refractivity contribution in [2.24, 2.45) is 0 Å². The van der Waals surface area contributed by atoms with Crippen molar-refractivity contribution in [1.29, 1.82) is 0 Å². The molecule has 0 radical (unpaired) electrons. The summed E-state index contributed by atoms with van der Waals surface area (Å²) in [7, 11) is 1.58. The summed E-state index contributed by atoms with van der Waals surface area (Å²) in [5, 5.41) is 12.8. The second-order valence-electron chi connectivity index (χ2n) is 5.29. The van der Waals surface area contributed by atoms with Crippen LogP contribution >= 0.6 is 11.6 Å². The van der Waals surface area contributed by atoms with Crippen molar-refractivity contribution >= 4 is 17.5 Å². The van der Waals surface area contributed by atoms with Gasteiger partial charge in [-0.05, 0) is 12.1 Å². The number of benzene rings is 1. The molecular weight excluding hydrogens is 313 g/mol. The average Bonchev–Trinajstić information content (AvgIpc) is 2.53. The fraction of sp³-hybridized carbons (Fsp3) is 0.533. The third-order valence-electron chi connectivity index (χ3n) is 3.93. The lowest BCUT2D eigenvalue weighted by molar-refractivity contribution is -0.133. The number of halogens is 2. The Hall–Kier alpha value is -1.21. The van der Waals surface area contributed by atoms with Gasteiger partial charge in [0.25, 0.3) is 5.91 Å². The van der Waals surface area contributed by atoms with Crippen LogP contribution in [0.2, 0.25) is 5.02 Å². The molecule has 1 aromatic carbocycles. The Morgan fingerprint density at radius 2 is 2.23 bits per heavy atom. The monoisotopic (exact) mass is 331 g/mol. The second kappa shape index (κ2) is 7.37. The third-order valence-corrected chi connectivity index (χ3v) is 4.16. The normalized spacial score (nSPS) is 18.7. The Kier molecular flexibility index (Phi) is 5.74. The van der Waals surface area contributed by atoms with Crippen LogP contribution in [0, 0.1) is 5.82 Å². The summed E-state index contributed by atoms with van der Waals surface area (Å²) in [6.45, 7) is 1.34. The van der Waals surface area contributed by atoms with E-state index in [0.717, 1.165) is 6.07 Å². The summed E-state index contributed by atoms with van der Waals surface area (Å²) in [5.41, 5.74) is -0.619. The zero-order valence-corrected chi connectivity index (χ0v) is 13.0. The summed E-state index contributed by atoms with van der Waals surface area (Å²) in [4.78, 5) is 12.0. The van der Waals surface area contributed by atoms with Crippen LogP contribution in [0.4, 0.5) is 4.39 Å². The van der Waals surface area contributed by atoms with Crippen LogP contribution in [0.3, 0.4) is 0 Å². The van der Waals surface area contributed by atoms with Crippen molar-refractivity contribution in [2.45, 2.75) is 24.5 Å². The van der Waals surface area contributed by atoms with E-state index in [1.165, 1.54) is 12.1 Å². The van der Waals surface area contributed by atoms with Crippen LogP contribution in [0.5, 0.6) is 0 Å². The van der Waals surface area contributed by atoms with Crippen LogP contribution in [-0.4, -0.2) is 43.5 Å². The van der Waals surface area contributed by atoms with E-state index < -0.39 is 23.4 Å². The molecule has 1 aliphatic heterocycles. The highest BCUT2D eigenvalue weighted by Gasteiger charge is 2.33. The van der Waals surface area contributed by atoms with E-state index in [-0.39, 0.29) is 17.1 Å². The number of methoxy groups -OCH3 is 1. The molecule has 1 amide bonds. The van der Waals surface area contributed by atoms with Gasteiger partial charge in [0.2, 0.25) is 0 Å². The summed E-state index contributed by atoms with van der Waals surface area (Å²) in [6, 6.07) is 3.77. The van der Waals surface area contributed by atoms with E-state index in [1.807, 2.05) is 0 Å². The van der Waals surface area contributed by atoms with Crippen LogP contribution in [0.1, 0.15) is 24.5 Å². The lowest BCUT2D eigenvalue weighted by atomic mass is 9.94. The molecule has 0 spiro atoms. The summed E-state index contributed by atoms with van der Waals surface area (Å²) < 4.78 is 24.5. The Balaban J connectivity index is 1.99. The van der Waals surface area contributed by atoms with Crippen molar-refractivity contribution in [3.8, 4) is 0 Å². The summed E-state index contributed by atoms with van der Waals surface area (Å²) in [5.74, 6) is -1.40. The number of ether oxygens (including phenoxy) is 2. The number of hydrogen-bond donors (Lipinski definition) is 2. The lowest BCUT2D eigenvalue weighted by Crippen LogP contribution is -2.49. The van der Waals surface area contributed by atoms with Crippen LogP contribution in [-0.2, 0) is 14.3 Å². The maximum absolute atomic E-state index is 13.7. The second-order valence-corrected chi connectivity index (χ2v) is 5.72. The van der Waals surface area contributed by atoms with Crippen LogP contribution < -0.4 is 5.32 Å². The number of carbonyl (C=O) groups is 1. The first-order valence-electron chi connectivity index (χ1n) is 7.01. The number of nitrogens with one attached hydrogen (secondary N) is 1. The summed E-state index contributed by atoms with van der Waals surface area (Å²) in [6.07, 6.45) is -0.296. The van der Waals surface area contributed by atoms with Gasteiger partial charge in [-0.2, -0.15) is 0 Å². The molecule has 0 bridgehead atoms. The predicted octanol–water partition coefficient (Wildman–Crippen LogP) is 1.82. The van der Waals surface area contributed by atoms with Crippen molar-refractivity contribution < 1.29 is 23.8 Å². The molecule has 0 saturated carbocycles. The first-order chi connectivity index (χ1) is 10.5. The molecule has 7 heteroatoms. The SMILES string of the molecule is COC1(CNC(=O)[C@H](O)c2ccc(Cl)cc2F)CCOCC1. The number of carbonyl (C=O) groups excluding carboxylic acids is 1. The van der Waals surface area contributed by atoms with E-state index in [0.29, 0.717) is 26.1 Å². The minimum absolute atomic E-state index is 0.111. The molecule has 0 aliphatic carbocycles. The highest BCUT2D eigenvalue weighted by molar-refractivity contribution is 6.30. The Labute approximate surface area is 133 Å². The number of amides is 1. The molecule has 1 atom stereocenters. The Bertz CT molecular complexity index is 534. The highest BCUT2D eigenvalue weighted by Crippen LogP contribution is 2.25. The number of aliphatic hydroxyl groups excluding tert-OH is 1. The molecule has 5 nitrogen and oxygen atoms in total. The van der Waals surface area contributed by atoms with E-state index in [9.17, 15) is 14.3 Å². The maximum atomic E-state index is 13.7. The fourth-order valence-corrected chi connectivity index (χ4v) is 2.56. The highest BCUT2D eigenvalue weighted by atomic mass is 35.5. The first-order valence-corrected chi connectivity index (χ1v) is 7.39. The maximum Gasteiger partial charge on any atom is 0.253 e. The van der Waals surface area contributed by atoms with Crippen molar-refractivity contribution in [2.75, 3.05) is 26.9 Å². The fourth-order valence-electron chi connectivity index (χ4n) is 2.41. The topological polar surface area (TPSA) is 67.8 Å². The zero-order chi connectivity index (χ0) is 16.2. The van der Waals surface area contributed by atoms with E-state index in [2.05, 4.69) is 5.32 Å². The number of aliphatic hydroxyl groups is 1. The number of hydrogen-bond acceptors (Lipinski definition) is 4. The molecule has 0 aromatic heterocycles. The molecule has 22 heavy (non-hydrogen) atoms. The Morgan fingerprint density at radius 3 is 2.82 bits per heavy atom. The van der Waals surface area contributed by atoms with Gasteiger partial charge in [-0.25, -0.2) is 4.39 Å². The molecule has 1 aliphatic rings. The van der Waals surface area contributed by atoms with Gasteiger partial charge < -0.3 is 19.9 Å². The van der Waals surface area contributed by atoms with Gasteiger partial charge in [0.1, 0.15) is 5.82 Å². The minimum atomic E-state index is -1.59. The minimum Gasteiger partial charge on any atom is -0.381 e. The molecule has 1 aromatic rings. The largest absolute Gasteiger partial charge is 0.381 e. The lowest BCUT2D eigenvalue weighted by Gasteiger charge is -2.36. The van der Waals surface area contributed by atoms with Gasteiger partial charge in [-0.3, -0.25) is 4.79 Å². The standard InChI is InChI=1S/C15H19ClFNO4/c1-21-15(4-6-22-7-5-15)9-18-14(20)13(19)11-3-2-10(16)8-12(11)17/h2-3,8,13,19H,4-7,9H2,1H3,(H,18,20)/t13-/m1/s1. The van der Waals surface area contributed by atoms with Gasteiger partial charge in [-0.1, -0.05) is 17.7 Å². The van der Waals surface area contributed by atoms with E-state index in [4.69, 9.17) is 21.1 Å². The van der Waals surface area contributed by atoms with Crippen LogP contribution in [0.25, 0.3) is 0 Å². The van der Waals surface area contributed by atoms with Crippen molar-refractivity contribution in [3.05, 3.63) is 34.6 Å². The van der Waals surface area contributed by atoms with Gasteiger partial charge in [0.15, 0.2) is 6.10 Å². The molecule has 1 heterocycles. The average molecular weight is 332 g/mol. The van der Waals surface area contributed by atoms with Gasteiger partial charge in [0.05, 0.1) is 5.60 Å². The molecule has 2 N–H and O–H groups in total. The molecule has 2 rings (SSSR count). The molecule has 1 fully saturated rings. The molecule has 1 saturated heterocycles. The van der Waals surface area contributed by atoms with Gasteiger partial charge in [-0.15, -0.1) is 0 Å². The molecule has 122 valence electrons. The van der Waals surface area contributed by atoms with Crippen molar-refractivity contribution in [3.63, 3.8) is 0 Å². The smallest absolute Gasteiger partial charge is 0.253 e. The third kappa shape index (κ3) is 3.95. The van der Waals surface area contributed by atoms with E-state index in [1.54, 1.807) is 7.11 Å². The quantitative estimate of drug-likeness (QED) is 0.863.